The van der Waals surface area contributed by atoms with Gasteiger partial charge in [-0.3, -0.25) is 0 Å². The quantitative estimate of drug-likeness (QED) is 0.743. The highest BCUT2D eigenvalue weighted by Gasteiger charge is 2.30. The highest BCUT2D eigenvalue weighted by Crippen LogP contribution is 2.21. The first kappa shape index (κ1) is 15.4. The lowest BCUT2D eigenvalue weighted by Gasteiger charge is -2.38. The molecule has 1 atom stereocenters. The van der Waals surface area contributed by atoms with E-state index in [0.717, 1.165) is 25.9 Å². The lowest BCUT2D eigenvalue weighted by Crippen LogP contribution is -2.48. The van der Waals surface area contributed by atoms with Crippen LogP contribution in [0.1, 0.15) is 33.6 Å². The number of carbonyl (C=O) groups is 1. The molecule has 0 bridgehead atoms. The zero-order chi connectivity index (χ0) is 13.8. The average molecular weight is 259 g/mol. The molecule has 0 aromatic rings. The largest absolute Gasteiger partial charge is 0.480 e. The van der Waals surface area contributed by atoms with Gasteiger partial charge >= 0.3 is 5.97 Å². The van der Waals surface area contributed by atoms with Crippen molar-refractivity contribution in [1.82, 2.24) is 4.90 Å². The van der Waals surface area contributed by atoms with Gasteiger partial charge in [0.1, 0.15) is 6.61 Å². The summed E-state index contributed by atoms with van der Waals surface area (Å²) in [4.78, 5) is 12.6. The van der Waals surface area contributed by atoms with Crippen LogP contribution in [-0.4, -0.2) is 59.0 Å². The van der Waals surface area contributed by atoms with Crippen LogP contribution in [0.5, 0.6) is 0 Å². The van der Waals surface area contributed by atoms with Crippen molar-refractivity contribution in [2.45, 2.75) is 45.3 Å². The summed E-state index contributed by atoms with van der Waals surface area (Å²) >= 11 is 0. The molecule has 0 amide bonds. The van der Waals surface area contributed by atoms with Crippen LogP contribution in [0.25, 0.3) is 0 Å². The number of carboxylic acids is 1. The molecule has 0 aliphatic carbocycles. The second kappa shape index (κ2) is 6.50. The number of hydrogen-bond donors (Lipinski definition) is 2. The minimum Gasteiger partial charge on any atom is -0.480 e. The van der Waals surface area contributed by atoms with Gasteiger partial charge < -0.3 is 19.8 Å². The molecule has 1 saturated heterocycles. The number of likely N-dealkylation sites (tertiary alicyclic amines) is 1. The zero-order valence-corrected chi connectivity index (χ0v) is 11.6. The first-order valence-electron chi connectivity index (χ1n) is 6.59. The molecule has 0 spiro atoms. The molecular weight excluding hydrogens is 234 g/mol. The number of aliphatic hydroxyl groups is 1. The van der Waals surface area contributed by atoms with Crippen molar-refractivity contribution in [2.24, 2.45) is 5.92 Å². The van der Waals surface area contributed by atoms with Crippen LogP contribution in [0.4, 0.5) is 0 Å². The van der Waals surface area contributed by atoms with Gasteiger partial charge in [-0.25, -0.2) is 4.79 Å². The number of rotatable bonds is 6. The van der Waals surface area contributed by atoms with E-state index in [2.05, 4.69) is 4.90 Å². The Bertz CT molecular complexity index is 270. The molecule has 0 aromatic heterocycles. The molecule has 2 N–H and O–H groups in total. The Kier molecular flexibility index (Phi) is 5.56. The van der Waals surface area contributed by atoms with E-state index in [9.17, 15) is 9.90 Å². The fraction of sp³-hybridized carbons (Fsp3) is 0.923. The summed E-state index contributed by atoms with van der Waals surface area (Å²) in [5.41, 5.74) is -0.672. The van der Waals surface area contributed by atoms with Gasteiger partial charge in [0.15, 0.2) is 0 Å². The molecule has 5 heteroatoms. The summed E-state index contributed by atoms with van der Waals surface area (Å²) in [5.74, 6) is -0.696. The van der Waals surface area contributed by atoms with Crippen molar-refractivity contribution in [1.29, 1.82) is 0 Å². The predicted molar refractivity (Wildman–Crippen MR) is 68.5 cm³/mol. The molecule has 1 fully saturated rings. The first-order valence-corrected chi connectivity index (χ1v) is 6.59. The zero-order valence-electron chi connectivity index (χ0n) is 11.6. The average Bonchev–Trinajstić information content (AvgIpc) is 2.27. The van der Waals surface area contributed by atoms with Gasteiger partial charge in [-0.15, -0.1) is 0 Å². The molecule has 0 aromatic carbocycles. The van der Waals surface area contributed by atoms with Gasteiger partial charge in [0.05, 0.1) is 11.7 Å². The summed E-state index contributed by atoms with van der Waals surface area (Å²) < 4.78 is 5.28. The normalized spacial score (nSPS) is 22.1. The SMILES string of the molecule is CC(C)C(C)(O)CN1CCC(OCC(=O)O)CC1. The lowest BCUT2D eigenvalue weighted by molar-refractivity contribution is -0.145. The summed E-state index contributed by atoms with van der Waals surface area (Å²) in [7, 11) is 0. The Labute approximate surface area is 109 Å². The van der Waals surface area contributed by atoms with Gasteiger partial charge in [0.2, 0.25) is 0 Å². The van der Waals surface area contributed by atoms with Gasteiger partial charge in [0, 0.05) is 19.6 Å². The van der Waals surface area contributed by atoms with Crippen LogP contribution >= 0.6 is 0 Å². The van der Waals surface area contributed by atoms with Crippen LogP contribution in [-0.2, 0) is 9.53 Å². The second-order valence-electron chi connectivity index (χ2n) is 5.69. The fourth-order valence-electron chi connectivity index (χ4n) is 2.06. The molecule has 1 unspecified atom stereocenters. The Hall–Kier alpha value is -0.650. The monoisotopic (exact) mass is 259 g/mol. The van der Waals surface area contributed by atoms with Crippen molar-refractivity contribution in [2.75, 3.05) is 26.2 Å². The Balaban J connectivity index is 2.29. The van der Waals surface area contributed by atoms with Crippen LogP contribution < -0.4 is 0 Å². The number of hydrogen-bond acceptors (Lipinski definition) is 4. The van der Waals surface area contributed by atoms with E-state index in [1.54, 1.807) is 0 Å². The predicted octanol–water partition coefficient (Wildman–Crippen LogP) is 0.959. The number of nitrogens with zero attached hydrogens (tertiary/aromatic N) is 1. The fourth-order valence-corrected chi connectivity index (χ4v) is 2.06. The molecule has 5 nitrogen and oxygen atoms in total. The second-order valence-corrected chi connectivity index (χ2v) is 5.69. The van der Waals surface area contributed by atoms with Crippen LogP contribution in [0, 0.1) is 5.92 Å². The van der Waals surface area contributed by atoms with E-state index in [-0.39, 0.29) is 18.6 Å². The molecule has 0 radical (unpaired) electrons. The highest BCUT2D eigenvalue weighted by molar-refractivity contribution is 5.68. The van der Waals surface area contributed by atoms with Crippen molar-refractivity contribution < 1.29 is 19.7 Å². The Morgan fingerprint density at radius 1 is 1.44 bits per heavy atom. The van der Waals surface area contributed by atoms with Crippen LogP contribution in [0.15, 0.2) is 0 Å². The third-order valence-electron chi connectivity index (χ3n) is 3.76. The molecular formula is C13H25NO4. The standard InChI is InChI=1S/C13H25NO4/c1-10(2)13(3,17)9-14-6-4-11(5-7-14)18-8-12(15)16/h10-11,17H,4-9H2,1-3H3,(H,15,16). The van der Waals surface area contributed by atoms with Crippen LogP contribution in [0.2, 0.25) is 0 Å². The molecule has 1 aliphatic heterocycles. The van der Waals surface area contributed by atoms with Gasteiger partial charge in [-0.05, 0) is 25.7 Å². The Morgan fingerprint density at radius 3 is 2.44 bits per heavy atom. The molecule has 0 saturated carbocycles. The summed E-state index contributed by atoms with van der Waals surface area (Å²) in [5, 5.41) is 18.8. The van der Waals surface area contributed by atoms with E-state index < -0.39 is 11.6 Å². The highest BCUT2D eigenvalue weighted by atomic mass is 16.5. The third kappa shape index (κ3) is 4.92. The van der Waals surface area contributed by atoms with E-state index in [1.807, 2.05) is 20.8 Å². The maximum absolute atomic E-state index is 10.4. The smallest absolute Gasteiger partial charge is 0.329 e. The minimum atomic E-state index is -0.917. The number of aliphatic carboxylic acids is 1. The molecule has 1 heterocycles. The van der Waals surface area contributed by atoms with Crippen molar-refractivity contribution in [3.05, 3.63) is 0 Å². The van der Waals surface area contributed by atoms with E-state index in [0.29, 0.717) is 6.54 Å². The van der Waals surface area contributed by atoms with Gasteiger partial charge in [0.25, 0.3) is 0 Å². The molecule has 1 rings (SSSR count). The van der Waals surface area contributed by atoms with Crippen molar-refractivity contribution >= 4 is 5.97 Å². The summed E-state index contributed by atoms with van der Waals surface area (Å²) in [6, 6.07) is 0. The number of carboxylic acid groups (broad SMARTS) is 1. The van der Waals surface area contributed by atoms with Crippen molar-refractivity contribution in [3.8, 4) is 0 Å². The maximum atomic E-state index is 10.4. The van der Waals surface area contributed by atoms with Crippen molar-refractivity contribution in [3.63, 3.8) is 0 Å². The number of ether oxygens (including phenoxy) is 1. The van der Waals surface area contributed by atoms with E-state index >= 15 is 0 Å². The Morgan fingerprint density at radius 2 is 2.00 bits per heavy atom. The maximum Gasteiger partial charge on any atom is 0.329 e. The molecule has 18 heavy (non-hydrogen) atoms. The van der Waals surface area contributed by atoms with E-state index in [1.165, 1.54) is 0 Å². The summed E-state index contributed by atoms with van der Waals surface area (Å²) in [6.07, 6.45) is 1.71. The summed E-state index contributed by atoms with van der Waals surface area (Å²) in [6.45, 7) is 8.06. The van der Waals surface area contributed by atoms with Crippen LogP contribution in [0.3, 0.4) is 0 Å². The minimum absolute atomic E-state index is 0.0429. The number of piperidine rings is 1. The lowest BCUT2D eigenvalue weighted by atomic mass is 9.91. The van der Waals surface area contributed by atoms with E-state index in [4.69, 9.17) is 9.84 Å². The van der Waals surface area contributed by atoms with Gasteiger partial charge in [-0.1, -0.05) is 13.8 Å². The van der Waals surface area contributed by atoms with Gasteiger partial charge in [-0.2, -0.15) is 0 Å². The molecule has 106 valence electrons. The third-order valence-corrected chi connectivity index (χ3v) is 3.76. The number of β-amino-alcohol motifs (C(OH)–C–C–N with tert-alkyl or cyclic N) is 1. The topological polar surface area (TPSA) is 70.0 Å². The molecule has 1 aliphatic rings. The first-order chi connectivity index (χ1) is 8.31.